The maximum absolute atomic E-state index is 12.7. The van der Waals surface area contributed by atoms with Crippen LogP contribution in [0.15, 0.2) is 83.8 Å². The predicted octanol–water partition coefficient (Wildman–Crippen LogP) is 6.73. The molecule has 0 saturated carbocycles. The molecule has 4 aromatic carbocycles. The van der Waals surface area contributed by atoms with Gasteiger partial charge in [0.2, 0.25) is 0 Å². The van der Waals surface area contributed by atoms with Crippen LogP contribution in [0.2, 0.25) is 0 Å². The van der Waals surface area contributed by atoms with Crippen molar-refractivity contribution >= 4 is 40.2 Å². The molecule has 6 nitrogen and oxygen atoms in total. The van der Waals surface area contributed by atoms with E-state index in [1.165, 1.54) is 22.5 Å². The van der Waals surface area contributed by atoms with Crippen molar-refractivity contribution in [3.05, 3.63) is 100 Å². The van der Waals surface area contributed by atoms with Crippen LogP contribution >= 0.6 is 11.8 Å². The number of hydrogen-bond donors (Lipinski definition) is 2. The van der Waals surface area contributed by atoms with Crippen LogP contribution in [-0.2, 0) is 11.4 Å². The molecule has 0 radical (unpaired) electrons. The number of rotatable bonds is 9. The molecule has 1 amide bonds. The first-order valence-corrected chi connectivity index (χ1v) is 13.4. The van der Waals surface area contributed by atoms with Gasteiger partial charge >= 0.3 is 0 Å². The van der Waals surface area contributed by atoms with Crippen LogP contribution in [0.4, 0.5) is 5.69 Å². The van der Waals surface area contributed by atoms with Crippen molar-refractivity contribution in [3.63, 3.8) is 0 Å². The minimum absolute atomic E-state index is 0.131. The highest BCUT2D eigenvalue weighted by Crippen LogP contribution is 2.35. The Labute approximate surface area is 227 Å². The summed E-state index contributed by atoms with van der Waals surface area (Å²) in [5, 5.41) is 8.69. The van der Waals surface area contributed by atoms with Crippen molar-refractivity contribution < 1.29 is 19.0 Å². The third-order valence-electron chi connectivity index (χ3n) is 6.20. The maximum Gasteiger partial charge on any atom is 0.260 e. The van der Waals surface area contributed by atoms with E-state index in [0.29, 0.717) is 29.6 Å². The van der Waals surface area contributed by atoms with Gasteiger partial charge in [0, 0.05) is 0 Å². The number of anilines is 1. The Morgan fingerprint density at radius 3 is 2.61 bits per heavy atom. The monoisotopic (exact) mass is 526 g/mol. The zero-order valence-electron chi connectivity index (χ0n) is 21.6. The highest BCUT2D eigenvalue weighted by atomic mass is 32.2. The van der Waals surface area contributed by atoms with Crippen molar-refractivity contribution in [1.82, 2.24) is 5.32 Å². The largest absolute Gasteiger partial charge is 0.495 e. The van der Waals surface area contributed by atoms with E-state index < -0.39 is 0 Å². The Hall–Kier alpha value is -4.10. The second kappa shape index (κ2) is 11.5. The fourth-order valence-corrected chi connectivity index (χ4v) is 5.34. The molecule has 1 aliphatic rings. The van der Waals surface area contributed by atoms with Crippen LogP contribution in [0.3, 0.4) is 0 Å². The molecule has 1 heterocycles. The van der Waals surface area contributed by atoms with E-state index in [-0.39, 0.29) is 11.4 Å². The van der Waals surface area contributed by atoms with Gasteiger partial charge in [-0.15, -0.1) is 0 Å². The SMILES string of the molecule is CCOc1cc(/C=C2\SC(Nc3cc(C)ccc3OC)NC2=O)ccc1OCc1cccc2ccccc12. The molecule has 4 aromatic rings. The first kappa shape index (κ1) is 25.5. The first-order valence-electron chi connectivity index (χ1n) is 12.5. The zero-order valence-corrected chi connectivity index (χ0v) is 22.4. The molecule has 1 saturated heterocycles. The molecule has 38 heavy (non-hydrogen) atoms. The first-order chi connectivity index (χ1) is 18.5. The second-order valence-corrected chi connectivity index (χ2v) is 10.0. The van der Waals surface area contributed by atoms with Crippen molar-refractivity contribution in [1.29, 1.82) is 0 Å². The van der Waals surface area contributed by atoms with Crippen LogP contribution in [0.5, 0.6) is 17.2 Å². The second-order valence-electron chi connectivity index (χ2n) is 8.89. The minimum Gasteiger partial charge on any atom is -0.495 e. The summed E-state index contributed by atoms with van der Waals surface area (Å²) in [6.07, 6.45) is 1.87. The number of benzene rings is 4. The fourth-order valence-electron chi connectivity index (χ4n) is 4.37. The molecule has 194 valence electrons. The number of carbonyl (C=O) groups is 1. The highest BCUT2D eigenvalue weighted by molar-refractivity contribution is 8.05. The van der Waals surface area contributed by atoms with Gasteiger partial charge in [-0.25, -0.2) is 0 Å². The molecule has 0 aromatic heterocycles. The third-order valence-corrected chi connectivity index (χ3v) is 7.23. The van der Waals surface area contributed by atoms with Crippen molar-refractivity contribution in [2.75, 3.05) is 19.0 Å². The fraction of sp³-hybridized carbons (Fsp3) is 0.194. The van der Waals surface area contributed by atoms with Crippen molar-refractivity contribution in [2.24, 2.45) is 0 Å². The molecule has 1 aliphatic heterocycles. The molecule has 0 aliphatic carbocycles. The molecule has 7 heteroatoms. The molecule has 1 unspecified atom stereocenters. The molecule has 1 atom stereocenters. The van der Waals surface area contributed by atoms with E-state index in [1.54, 1.807) is 7.11 Å². The quantitative estimate of drug-likeness (QED) is 0.236. The van der Waals surface area contributed by atoms with Gasteiger partial charge in [0.25, 0.3) is 5.91 Å². The van der Waals surface area contributed by atoms with Gasteiger partial charge in [0.15, 0.2) is 17.0 Å². The normalized spacial score (nSPS) is 15.9. The van der Waals surface area contributed by atoms with Gasteiger partial charge in [0.1, 0.15) is 12.4 Å². The Kier molecular flexibility index (Phi) is 7.75. The third kappa shape index (κ3) is 5.73. The lowest BCUT2D eigenvalue weighted by Crippen LogP contribution is -2.31. The van der Waals surface area contributed by atoms with Gasteiger partial charge in [-0.3, -0.25) is 4.79 Å². The van der Waals surface area contributed by atoms with Crippen molar-refractivity contribution in [3.8, 4) is 17.2 Å². The summed E-state index contributed by atoms with van der Waals surface area (Å²) in [5.41, 5.74) is 3.60. The summed E-state index contributed by atoms with van der Waals surface area (Å²) in [6, 6.07) is 26.1. The summed E-state index contributed by atoms with van der Waals surface area (Å²) in [5.74, 6) is 1.90. The number of ether oxygens (including phenoxy) is 3. The van der Waals surface area contributed by atoms with Gasteiger partial charge in [-0.2, -0.15) is 0 Å². The Balaban J connectivity index is 1.31. The number of thioether (sulfide) groups is 1. The number of nitrogens with one attached hydrogen (secondary N) is 2. The Bertz CT molecular complexity index is 1500. The lowest BCUT2D eigenvalue weighted by molar-refractivity contribution is -0.116. The molecular weight excluding hydrogens is 496 g/mol. The van der Waals surface area contributed by atoms with E-state index in [9.17, 15) is 4.79 Å². The van der Waals surface area contributed by atoms with E-state index >= 15 is 0 Å². The van der Waals surface area contributed by atoms with E-state index in [1.807, 2.05) is 74.5 Å². The van der Waals surface area contributed by atoms with E-state index in [4.69, 9.17) is 14.2 Å². The topological polar surface area (TPSA) is 68.8 Å². The van der Waals surface area contributed by atoms with Gasteiger partial charge < -0.3 is 24.8 Å². The van der Waals surface area contributed by atoms with Crippen LogP contribution in [0.25, 0.3) is 16.8 Å². The summed E-state index contributed by atoms with van der Waals surface area (Å²) < 4.78 is 17.5. The average Bonchev–Trinajstić information content (AvgIpc) is 3.26. The highest BCUT2D eigenvalue weighted by Gasteiger charge is 2.28. The average molecular weight is 527 g/mol. The van der Waals surface area contributed by atoms with E-state index in [0.717, 1.165) is 28.1 Å². The smallest absolute Gasteiger partial charge is 0.260 e. The molecule has 5 rings (SSSR count). The number of fused-ring (bicyclic) bond motifs is 1. The number of amides is 1. The van der Waals surface area contributed by atoms with Crippen LogP contribution < -0.4 is 24.8 Å². The van der Waals surface area contributed by atoms with E-state index in [2.05, 4.69) is 34.9 Å². The lowest BCUT2D eigenvalue weighted by Gasteiger charge is -2.16. The van der Waals surface area contributed by atoms with Gasteiger partial charge in [-0.05, 0) is 71.7 Å². The Morgan fingerprint density at radius 2 is 1.76 bits per heavy atom. The number of methoxy groups -OCH3 is 1. The standard InChI is InChI=1S/C31H30N2O4S/c1-4-36-28-17-21(13-15-27(28)37-19-23-10-7-9-22-8-5-6-11-24(22)23)18-29-30(34)33-31(38-29)32-25-16-20(2)12-14-26(25)35-3/h5-18,31-32H,4,19H2,1-3H3,(H,33,34)/b29-18-. The van der Waals surface area contributed by atoms with Crippen LogP contribution in [0, 0.1) is 6.92 Å². The molecular formula is C31H30N2O4S. The van der Waals surface area contributed by atoms with Gasteiger partial charge in [-0.1, -0.05) is 66.4 Å². The Morgan fingerprint density at radius 1 is 0.947 bits per heavy atom. The maximum atomic E-state index is 12.7. The molecule has 1 fully saturated rings. The number of aryl methyl sites for hydroxylation is 1. The number of carbonyl (C=O) groups excluding carboxylic acids is 1. The summed E-state index contributed by atoms with van der Waals surface area (Å²) in [7, 11) is 1.63. The predicted molar refractivity (Wildman–Crippen MR) is 155 cm³/mol. The summed E-state index contributed by atoms with van der Waals surface area (Å²) in [6.45, 7) is 4.89. The zero-order chi connectivity index (χ0) is 26.5. The number of hydrogen-bond acceptors (Lipinski definition) is 6. The minimum atomic E-state index is -0.306. The molecule has 0 bridgehead atoms. The van der Waals surface area contributed by atoms with Crippen molar-refractivity contribution in [2.45, 2.75) is 26.0 Å². The van der Waals surface area contributed by atoms with Crippen LogP contribution in [0.1, 0.15) is 23.6 Å². The molecule has 2 N–H and O–H groups in total. The molecule has 0 spiro atoms. The summed E-state index contributed by atoms with van der Waals surface area (Å²) >= 11 is 1.43. The van der Waals surface area contributed by atoms with Gasteiger partial charge in [0.05, 0.1) is 24.3 Å². The summed E-state index contributed by atoms with van der Waals surface area (Å²) in [4.78, 5) is 13.3. The lowest BCUT2D eigenvalue weighted by atomic mass is 10.1. The van der Waals surface area contributed by atoms with Crippen LogP contribution in [-0.4, -0.2) is 25.1 Å².